The monoisotopic (exact) mass is 362 g/mol. The van der Waals surface area contributed by atoms with E-state index in [1.54, 1.807) is 42.6 Å². The highest BCUT2D eigenvalue weighted by Gasteiger charge is 2.16. The van der Waals surface area contributed by atoms with Gasteiger partial charge in [-0.25, -0.2) is 4.79 Å². The van der Waals surface area contributed by atoms with Crippen molar-refractivity contribution in [2.24, 2.45) is 0 Å². The Morgan fingerprint density at radius 2 is 1.88 bits per heavy atom. The van der Waals surface area contributed by atoms with E-state index < -0.39 is 11.9 Å². The van der Waals surface area contributed by atoms with Crippen LogP contribution in [-0.4, -0.2) is 31.0 Å². The zero-order valence-electron chi connectivity index (χ0n) is 13.8. The summed E-state index contributed by atoms with van der Waals surface area (Å²) >= 11 is 1.22. The second-order valence-electron chi connectivity index (χ2n) is 4.90. The van der Waals surface area contributed by atoms with E-state index >= 15 is 0 Å². The molecule has 1 heterocycles. The van der Waals surface area contributed by atoms with Gasteiger partial charge in [-0.05, 0) is 30.5 Å². The van der Waals surface area contributed by atoms with Crippen molar-refractivity contribution >= 4 is 39.8 Å². The Kier molecular flexibility index (Phi) is 6.53. The third-order valence-electron chi connectivity index (χ3n) is 2.97. The molecule has 2 amide bonds. The first-order valence-corrected chi connectivity index (χ1v) is 8.43. The first-order valence-electron chi connectivity index (χ1n) is 7.55. The first kappa shape index (κ1) is 18.5. The van der Waals surface area contributed by atoms with Crippen LogP contribution in [0.2, 0.25) is 0 Å². The Morgan fingerprint density at radius 1 is 1.12 bits per heavy atom. The summed E-state index contributed by atoms with van der Waals surface area (Å²) in [5.74, 6) is -0.774. The number of hydrogen-bond donors (Lipinski definition) is 2. The van der Waals surface area contributed by atoms with Gasteiger partial charge < -0.3 is 20.1 Å². The van der Waals surface area contributed by atoms with Crippen LogP contribution in [0.4, 0.5) is 10.7 Å². The van der Waals surface area contributed by atoms with Crippen LogP contribution in [0.15, 0.2) is 35.7 Å². The summed E-state index contributed by atoms with van der Waals surface area (Å²) in [5.41, 5.74) is 0.782. The highest BCUT2D eigenvalue weighted by Crippen LogP contribution is 2.25. The lowest BCUT2D eigenvalue weighted by molar-refractivity contribution is -0.118. The molecule has 2 aromatic rings. The van der Waals surface area contributed by atoms with Gasteiger partial charge in [0.2, 0.25) is 5.91 Å². The van der Waals surface area contributed by atoms with Gasteiger partial charge in [0.05, 0.1) is 17.9 Å². The van der Waals surface area contributed by atoms with Crippen molar-refractivity contribution in [2.45, 2.75) is 13.8 Å². The zero-order chi connectivity index (χ0) is 18.2. The average Bonchev–Trinajstić information content (AvgIpc) is 3.02. The molecule has 2 rings (SSSR count). The predicted octanol–water partition coefficient (Wildman–Crippen LogP) is 2.90. The number of ether oxygens (including phenoxy) is 2. The number of carbonyl (C=O) groups excluding carboxylic acids is 3. The molecule has 0 radical (unpaired) electrons. The summed E-state index contributed by atoms with van der Waals surface area (Å²) in [7, 11) is 0. The number of anilines is 2. The highest BCUT2D eigenvalue weighted by atomic mass is 32.1. The molecule has 0 aliphatic rings. The molecule has 8 heteroatoms. The molecule has 25 heavy (non-hydrogen) atoms. The molecule has 132 valence electrons. The van der Waals surface area contributed by atoms with E-state index in [9.17, 15) is 14.4 Å². The number of rotatable bonds is 7. The van der Waals surface area contributed by atoms with Crippen LogP contribution < -0.4 is 15.4 Å². The van der Waals surface area contributed by atoms with E-state index in [2.05, 4.69) is 10.6 Å². The predicted molar refractivity (Wildman–Crippen MR) is 95.1 cm³/mol. The fourth-order valence-corrected chi connectivity index (χ4v) is 2.76. The number of nitrogens with one attached hydrogen (secondary N) is 2. The van der Waals surface area contributed by atoms with Gasteiger partial charge in [0.25, 0.3) is 5.91 Å². The Labute approximate surface area is 148 Å². The van der Waals surface area contributed by atoms with Gasteiger partial charge in [-0.3, -0.25) is 9.59 Å². The number of carbonyl (C=O) groups is 3. The third kappa shape index (κ3) is 5.32. The van der Waals surface area contributed by atoms with Gasteiger partial charge in [0, 0.05) is 6.92 Å². The van der Waals surface area contributed by atoms with Crippen LogP contribution in [0.25, 0.3) is 0 Å². The number of amides is 2. The molecule has 1 aromatic heterocycles. The molecule has 0 fully saturated rings. The molecule has 0 aliphatic carbocycles. The minimum absolute atomic E-state index is 0.238. The van der Waals surface area contributed by atoms with Crippen molar-refractivity contribution in [3.63, 3.8) is 0 Å². The quantitative estimate of drug-likeness (QED) is 0.739. The zero-order valence-corrected chi connectivity index (χ0v) is 14.6. The molecule has 0 aliphatic heterocycles. The van der Waals surface area contributed by atoms with Crippen LogP contribution in [0, 0.1) is 0 Å². The smallest absolute Gasteiger partial charge is 0.341 e. The van der Waals surface area contributed by atoms with Gasteiger partial charge in [0.1, 0.15) is 10.8 Å². The number of benzene rings is 1. The molecule has 0 unspecified atom stereocenters. The maximum atomic E-state index is 12.1. The van der Waals surface area contributed by atoms with Gasteiger partial charge in [-0.15, -0.1) is 11.3 Å². The second-order valence-corrected chi connectivity index (χ2v) is 5.81. The second kappa shape index (κ2) is 8.84. The third-order valence-corrected chi connectivity index (χ3v) is 3.80. The molecule has 0 saturated heterocycles. The van der Waals surface area contributed by atoms with E-state index in [0.717, 1.165) is 0 Å². The summed E-state index contributed by atoms with van der Waals surface area (Å²) in [6, 6.07) is 8.39. The molecule has 0 saturated carbocycles. The summed E-state index contributed by atoms with van der Waals surface area (Å²) in [4.78, 5) is 35.1. The normalized spacial score (nSPS) is 10.0. The number of para-hydroxylation sites is 2. The van der Waals surface area contributed by atoms with Crippen molar-refractivity contribution in [3.05, 3.63) is 41.3 Å². The largest absolute Gasteiger partial charge is 0.482 e. The van der Waals surface area contributed by atoms with Gasteiger partial charge in [0.15, 0.2) is 6.61 Å². The lowest BCUT2D eigenvalue weighted by atomic mass is 10.3. The summed E-state index contributed by atoms with van der Waals surface area (Å²) in [5, 5.41) is 7.35. The van der Waals surface area contributed by atoms with Crippen LogP contribution in [0.5, 0.6) is 5.75 Å². The number of hydrogen-bond acceptors (Lipinski definition) is 6. The van der Waals surface area contributed by atoms with E-state index in [1.807, 2.05) is 0 Å². The van der Waals surface area contributed by atoms with E-state index in [4.69, 9.17) is 9.47 Å². The Bertz CT molecular complexity index is 772. The SMILES string of the molecule is CCOC(=O)c1ccsc1NC(=O)COc1ccccc1NC(C)=O. The minimum atomic E-state index is -0.490. The van der Waals surface area contributed by atoms with E-state index in [0.29, 0.717) is 22.0 Å². The maximum Gasteiger partial charge on any atom is 0.341 e. The van der Waals surface area contributed by atoms with Gasteiger partial charge in [-0.1, -0.05) is 12.1 Å². The summed E-state index contributed by atoms with van der Waals surface area (Å²) in [6.07, 6.45) is 0. The maximum absolute atomic E-state index is 12.1. The first-order chi connectivity index (χ1) is 12.0. The Morgan fingerprint density at radius 3 is 2.60 bits per heavy atom. The Balaban J connectivity index is 1.97. The van der Waals surface area contributed by atoms with Crippen LogP contribution >= 0.6 is 11.3 Å². The Hall–Kier alpha value is -2.87. The van der Waals surface area contributed by atoms with Crippen molar-refractivity contribution in [2.75, 3.05) is 23.8 Å². The lowest BCUT2D eigenvalue weighted by Crippen LogP contribution is -2.21. The molecular weight excluding hydrogens is 344 g/mol. The van der Waals surface area contributed by atoms with Crippen molar-refractivity contribution in [1.29, 1.82) is 0 Å². The highest BCUT2D eigenvalue weighted by molar-refractivity contribution is 7.14. The molecule has 2 N–H and O–H groups in total. The summed E-state index contributed by atoms with van der Waals surface area (Å²) < 4.78 is 10.4. The van der Waals surface area contributed by atoms with Gasteiger partial charge in [-0.2, -0.15) is 0 Å². The minimum Gasteiger partial charge on any atom is -0.482 e. The topological polar surface area (TPSA) is 93.7 Å². The molecule has 0 atom stereocenters. The molecular formula is C17H18N2O5S. The number of thiophene rings is 1. The van der Waals surface area contributed by atoms with Crippen molar-refractivity contribution in [1.82, 2.24) is 0 Å². The fraction of sp³-hybridized carbons (Fsp3) is 0.235. The van der Waals surface area contributed by atoms with Gasteiger partial charge >= 0.3 is 5.97 Å². The van der Waals surface area contributed by atoms with Crippen LogP contribution in [0.1, 0.15) is 24.2 Å². The fourth-order valence-electron chi connectivity index (χ4n) is 1.97. The molecule has 1 aromatic carbocycles. The molecule has 0 spiro atoms. The average molecular weight is 362 g/mol. The van der Waals surface area contributed by atoms with Crippen molar-refractivity contribution < 1.29 is 23.9 Å². The molecule has 0 bridgehead atoms. The molecule has 7 nitrogen and oxygen atoms in total. The van der Waals surface area contributed by atoms with Crippen LogP contribution in [0.3, 0.4) is 0 Å². The van der Waals surface area contributed by atoms with Crippen molar-refractivity contribution in [3.8, 4) is 5.75 Å². The van der Waals surface area contributed by atoms with E-state index in [1.165, 1.54) is 18.3 Å². The number of esters is 1. The lowest BCUT2D eigenvalue weighted by Gasteiger charge is -2.11. The van der Waals surface area contributed by atoms with Crippen LogP contribution in [-0.2, 0) is 14.3 Å². The van der Waals surface area contributed by atoms with E-state index in [-0.39, 0.29) is 19.1 Å². The standard InChI is InChI=1S/C17H18N2O5S/c1-3-23-17(22)12-8-9-25-16(12)19-15(21)10-24-14-7-5-4-6-13(14)18-11(2)20/h4-9H,3,10H2,1-2H3,(H,18,20)(H,19,21). The summed E-state index contributed by atoms with van der Waals surface area (Å²) in [6.45, 7) is 3.09.